The van der Waals surface area contributed by atoms with Crippen LogP contribution >= 0.6 is 0 Å². The SMILES string of the molecule is O=C(O)C1CCC(CNc2cccnn2)CC1. The van der Waals surface area contributed by atoms with Crippen LogP contribution in [0.25, 0.3) is 0 Å². The molecule has 2 rings (SSSR count). The van der Waals surface area contributed by atoms with Crippen molar-refractivity contribution in [3.63, 3.8) is 0 Å². The molecule has 0 radical (unpaired) electrons. The fraction of sp³-hybridized carbons (Fsp3) is 0.583. The molecule has 0 bridgehead atoms. The number of nitrogens with one attached hydrogen (secondary N) is 1. The van der Waals surface area contributed by atoms with Gasteiger partial charge in [-0.05, 0) is 43.7 Å². The fourth-order valence-corrected chi connectivity index (χ4v) is 2.26. The molecule has 0 unspecified atom stereocenters. The first-order valence-electron chi connectivity index (χ1n) is 6.00. The molecule has 92 valence electrons. The maximum Gasteiger partial charge on any atom is 0.306 e. The van der Waals surface area contributed by atoms with E-state index in [2.05, 4.69) is 15.5 Å². The summed E-state index contributed by atoms with van der Waals surface area (Å²) in [7, 11) is 0. The molecule has 17 heavy (non-hydrogen) atoms. The molecule has 0 atom stereocenters. The standard InChI is InChI=1S/C12H17N3O2/c16-12(17)10-5-3-9(4-6-10)8-13-11-2-1-7-14-15-11/h1-2,7,9-10H,3-6,8H2,(H,13,15)(H,16,17). The first kappa shape index (κ1) is 11.8. The van der Waals surface area contributed by atoms with Crippen LogP contribution in [-0.2, 0) is 4.79 Å². The molecule has 0 spiro atoms. The van der Waals surface area contributed by atoms with Gasteiger partial charge in [-0.1, -0.05) is 0 Å². The molecule has 1 aliphatic rings. The molecular formula is C12H17N3O2. The Morgan fingerprint density at radius 2 is 2.18 bits per heavy atom. The Bertz CT molecular complexity index is 361. The minimum Gasteiger partial charge on any atom is -0.481 e. The fourth-order valence-electron chi connectivity index (χ4n) is 2.26. The summed E-state index contributed by atoms with van der Waals surface area (Å²) in [6.45, 7) is 0.852. The van der Waals surface area contributed by atoms with Crippen LogP contribution in [0.5, 0.6) is 0 Å². The van der Waals surface area contributed by atoms with E-state index in [1.165, 1.54) is 0 Å². The quantitative estimate of drug-likeness (QED) is 0.832. The van der Waals surface area contributed by atoms with E-state index in [9.17, 15) is 4.79 Å². The highest BCUT2D eigenvalue weighted by Gasteiger charge is 2.25. The normalized spacial score (nSPS) is 24.2. The van der Waals surface area contributed by atoms with Crippen molar-refractivity contribution in [3.05, 3.63) is 18.3 Å². The third-order valence-corrected chi connectivity index (χ3v) is 3.34. The minimum atomic E-state index is -0.648. The molecule has 1 fully saturated rings. The van der Waals surface area contributed by atoms with Crippen molar-refractivity contribution >= 4 is 11.8 Å². The number of anilines is 1. The Morgan fingerprint density at radius 3 is 2.76 bits per heavy atom. The average molecular weight is 235 g/mol. The molecular weight excluding hydrogens is 218 g/mol. The summed E-state index contributed by atoms with van der Waals surface area (Å²) in [5.74, 6) is 0.550. The van der Waals surface area contributed by atoms with Crippen molar-refractivity contribution in [3.8, 4) is 0 Å². The van der Waals surface area contributed by atoms with E-state index >= 15 is 0 Å². The summed E-state index contributed by atoms with van der Waals surface area (Å²) >= 11 is 0. The summed E-state index contributed by atoms with van der Waals surface area (Å²) in [6, 6.07) is 3.73. The Kier molecular flexibility index (Phi) is 3.90. The summed E-state index contributed by atoms with van der Waals surface area (Å²) in [5, 5.41) is 19.9. The second-order valence-corrected chi connectivity index (χ2v) is 4.55. The molecule has 1 aromatic rings. The van der Waals surface area contributed by atoms with E-state index in [1.807, 2.05) is 12.1 Å². The highest BCUT2D eigenvalue weighted by atomic mass is 16.4. The molecule has 0 amide bonds. The molecule has 1 heterocycles. The molecule has 0 aliphatic heterocycles. The van der Waals surface area contributed by atoms with Crippen molar-refractivity contribution < 1.29 is 9.90 Å². The highest BCUT2D eigenvalue weighted by molar-refractivity contribution is 5.69. The Morgan fingerprint density at radius 1 is 1.41 bits per heavy atom. The van der Waals surface area contributed by atoms with Gasteiger partial charge in [0.1, 0.15) is 5.82 Å². The monoisotopic (exact) mass is 235 g/mol. The van der Waals surface area contributed by atoms with Crippen LogP contribution in [0.15, 0.2) is 18.3 Å². The second-order valence-electron chi connectivity index (χ2n) is 4.55. The van der Waals surface area contributed by atoms with E-state index in [-0.39, 0.29) is 5.92 Å². The molecule has 2 N–H and O–H groups in total. The molecule has 1 saturated carbocycles. The van der Waals surface area contributed by atoms with Gasteiger partial charge >= 0.3 is 5.97 Å². The summed E-state index contributed by atoms with van der Waals surface area (Å²) in [5.41, 5.74) is 0. The molecule has 0 aromatic carbocycles. The molecule has 1 aliphatic carbocycles. The van der Waals surface area contributed by atoms with Crippen molar-refractivity contribution in [1.82, 2.24) is 10.2 Å². The highest BCUT2D eigenvalue weighted by Crippen LogP contribution is 2.28. The molecule has 0 saturated heterocycles. The van der Waals surface area contributed by atoms with Gasteiger partial charge in [0, 0.05) is 12.7 Å². The second kappa shape index (κ2) is 5.61. The molecule has 5 heteroatoms. The third kappa shape index (κ3) is 3.41. The predicted octanol–water partition coefficient (Wildman–Crippen LogP) is 1.78. The van der Waals surface area contributed by atoms with E-state index in [1.54, 1.807) is 6.20 Å². The van der Waals surface area contributed by atoms with Crippen LogP contribution in [-0.4, -0.2) is 27.8 Å². The number of carbonyl (C=O) groups is 1. The Hall–Kier alpha value is -1.65. The third-order valence-electron chi connectivity index (χ3n) is 3.34. The van der Waals surface area contributed by atoms with Gasteiger partial charge in [0.25, 0.3) is 0 Å². The zero-order valence-electron chi connectivity index (χ0n) is 9.67. The Balaban J connectivity index is 1.74. The van der Waals surface area contributed by atoms with Crippen LogP contribution < -0.4 is 5.32 Å². The van der Waals surface area contributed by atoms with Crippen molar-refractivity contribution in [2.45, 2.75) is 25.7 Å². The van der Waals surface area contributed by atoms with E-state index in [0.29, 0.717) is 5.92 Å². The summed E-state index contributed by atoms with van der Waals surface area (Å²) in [4.78, 5) is 10.8. The zero-order chi connectivity index (χ0) is 12.1. The number of aromatic nitrogens is 2. The molecule has 5 nitrogen and oxygen atoms in total. The van der Waals surface area contributed by atoms with Gasteiger partial charge in [0.15, 0.2) is 0 Å². The van der Waals surface area contributed by atoms with Gasteiger partial charge in [-0.25, -0.2) is 0 Å². The first-order valence-corrected chi connectivity index (χ1v) is 6.00. The number of rotatable bonds is 4. The number of hydrogen-bond acceptors (Lipinski definition) is 4. The minimum absolute atomic E-state index is 0.136. The lowest BCUT2D eigenvalue weighted by Crippen LogP contribution is -2.25. The van der Waals surface area contributed by atoms with E-state index < -0.39 is 5.97 Å². The van der Waals surface area contributed by atoms with Gasteiger partial charge in [0.05, 0.1) is 5.92 Å². The number of carboxylic acid groups (broad SMARTS) is 1. The number of aliphatic carboxylic acids is 1. The maximum absolute atomic E-state index is 10.8. The maximum atomic E-state index is 10.8. The van der Waals surface area contributed by atoms with Crippen LogP contribution in [0.1, 0.15) is 25.7 Å². The summed E-state index contributed by atoms with van der Waals surface area (Å²) < 4.78 is 0. The van der Waals surface area contributed by atoms with Gasteiger partial charge in [-0.2, -0.15) is 5.10 Å². The average Bonchev–Trinajstić information content (AvgIpc) is 2.38. The molecule has 1 aromatic heterocycles. The lowest BCUT2D eigenvalue weighted by Gasteiger charge is -2.26. The van der Waals surface area contributed by atoms with Gasteiger partial charge in [-0.3, -0.25) is 4.79 Å². The van der Waals surface area contributed by atoms with Gasteiger partial charge in [-0.15, -0.1) is 5.10 Å². The van der Waals surface area contributed by atoms with Crippen molar-refractivity contribution in [1.29, 1.82) is 0 Å². The largest absolute Gasteiger partial charge is 0.481 e. The van der Waals surface area contributed by atoms with Crippen LogP contribution in [0.4, 0.5) is 5.82 Å². The van der Waals surface area contributed by atoms with Crippen molar-refractivity contribution in [2.75, 3.05) is 11.9 Å². The van der Waals surface area contributed by atoms with Crippen LogP contribution in [0, 0.1) is 11.8 Å². The lowest BCUT2D eigenvalue weighted by atomic mass is 9.82. The lowest BCUT2D eigenvalue weighted by molar-refractivity contribution is -0.143. The predicted molar refractivity (Wildman–Crippen MR) is 63.6 cm³/mol. The van der Waals surface area contributed by atoms with Gasteiger partial charge in [0.2, 0.25) is 0 Å². The smallest absolute Gasteiger partial charge is 0.306 e. The topological polar surface area (TPSA) is 75.1 Å². The summed E-state index contributed by atoms with van der Waals surface area (Å²) in [6.07, 6.45) is 5.18. The van der Waals surface area contributed by atoms with Gasteiger partial charge < -0.3 is 10.4 Å². The van der Waals surface area contributed by atoms with Crippen LogP contribution in [0.3, 0.4) is 0 Å². The van der Waals surface area contributed by atoms with E-state index in [0.717, 1.165) is 38.0 Å². The van der Waals surface area contributed by atoms with Crippen molar-refractivity contribution in [2.24, 2.45) is 11.8 Å². The zero-order valence-corrected chi connectivity index (χ0v) is 9.67. The number of hydrogen-bond donors (Lipinski definition) is 2. The number of carboxylic acids is 1. The Labute approximate surface area is 100 Å². The van der Waals surface area contributed by atoms with E-state index in [4.69, 9.17) is 5.11 Å². The number of nitrogens with zero attached hydrogens (tertiary/aromatic N) is 2. The van der Waals surface area contributed by atoms with Crippen LogP contribution in [0.2, 0.25) is 0 Å². The first-order chi connectivity index (χ1) is 8.25.